The van der Waals surface area contributed by atoms with Crippen LogP contribution in [0.25, 0.3) is 27.9 Å². The fourth-order valence-electron chi connectivity index (χ4n) is 3.20. The summed E-state index contributed by atoms with van der Waals surface area (Å²) in [7, 11) is 0. The first kappa shape index (κ1) is 14.8. The molecule has 0 bridgehead atoms. The van der Waals surface area contributed by atoms with Gasteiger partial charge in [-0.25, -0.2) is 9.97 Å². The molecule has 0 aliphatic heterocycles. The van der Waals surface area contributed by atoms with E-state index in [1.165, 1.54) is 18.4 Å². The molecule has 3 aromatic heterocycles. The third-order valence-corrected chi connectivity index (χ3v) is 4.94. The van der Waals surface area contributed by atoms with Gasteiger partial charge in [0.15, 0.2) is 11.5 Å². The first-order chi connectivity index (χ1) is 12.1. The number of fused-ring (bicyclic) bond motifs is 3. The minimum absolute atomic E-state index is 0.290. The van der Waals surface area contributed by atoms with Crippen LogP contribution in [0.3, 0.4) is 0 Å². The Bertz CT molecular complexity index is 1110. The van der Waals surface area contributed by atoms with Crippen LogP contribution < -0.4 is 0 Å². The van der Waals surface area contributed by atoms with Gasteiger partial charge in [0.05, 0.1) is 17.3 Å². The summed E-state index contributed by atoms with van der Waals surface area (Å²) in [6, 6.07) is 6.54. The molecule has 25 heavy (non-hydrogen) atoms. The molecule has 1 fully saturated rings. The fraction of sp³-hybridized carbons (Fsp3) is 0.333. The molecule has 1 aromatic carbocycles. The molecule has 5 rings (SSSR count). The third-order valence-electron chi connectivity index (χ3n) is 4.70. The maximum Gasteiger partial charge on any atom is 0.226 e. The van der Waals surface area contributed by atoms with Gasteiger partial charge in [0.1, 0.15) is 0 Å². The Morgan fingerprint density at radius 1 is 1.20 bits per heavy atom. The summed E-state index contributed by atoms with van der Waals surface area (Å²) < 4.78 is 3.51. The van der Waals surface area contributed by atoms with Gasteiger partial charge in [0, 0.05) is 17.6 Å². The lowest BCUT2D eigenvalue weighted by Crippen LogP contribution is -1.99. The van der Waals surface area contributed by atoms with Crippen LogP contribution >= 0.6 is 11.6 Å². The molecular weight excluding hydrogens is 336 g/mol. The Labute approximate surface area is 149 Å². The van der Waals surface area contributed by atoms with Gasteiger partial charge in [-0.15, -0.1) is 5.10 Å². The molecule has 0 atom stereocenters. The number of rotatable bonds is 3. The predicted octanol–water partition coefficient (Wildman–Crippen LogP) is 4.25. The molecule has 0 unspecified atom stereocenters. The molecule has 7 heteroatoms. The molecule has 0 N–H and O–H groups in total. The number of para-hydroxylation sites is 1. The van der Waals surface area contributed by atoms with Crippen molar-refractivity contribution in [3.63, 3.8) is 0 Å². The van der Waals surface area contributed by atoms with Crippen LogP contribution in [-0.4, -0.2) is 29.4 Å². The molecule has 0 radical (unpaired) electrons. The summed E-state index contributed by atoms with van der Waals surface area (Å²) in [5.74, 6) is 1.21. The number of nitrogens with zero attached hydrogens (tertiary/aromatic N) is 6. The number of halogens is 1. The molecule has 6 nitrogen and oxygen atoms in total. The molecule has 126 valence electrons. The van der Waals surface area contributed by atoms with Crippen molar-refractivity contribution in [2.24, 2.45) is 0 Å². The maximum atomic E-state index is 6.42. The van der Waals surface area contributed by atoms with Crippen molar-refractivity contribution < 1.29 is 0 Å². The van der Waals surface area contributed by atoms with Crippen molar-refractivity contribution in [3.8, 4) is 11.4 Å². The van der Waals surface area contributed by atoms with Gasteiger partial charge in [-0.05, 0) is 55.8 Å². The van der Waals surface area contributed by atoms with Crippen LogP contribution in [0.15, 0.2) is 30.6 Å². The van der Waals surface area contributed by atoms with Crippen LogP contribution in [0.4, 0.5) is 0 Å². The van der Waals surface area contributed by atoms with Gasteiger partial charge in [-0.2, -0.15) is 9.61 Å². The summed E-state index contributed by atoms with van der Waals surface area (Å²) in [6.45, 7) is 4.17. The monoisotopic (exact) mass is 352 g/mol. The summed E-state index contributed by atoms with van der Waals surface area (Å²) >= 11 is 6.42. The quantitative estimate of drug-likeness (QED) is 0.517. The lowest BCUT2D eigenvalue weighted by molar-refractivity contribution is 0.532. The minimum atomic E-state index is 0.290. The van der Waals surface area contributed by atoms with E-state index in [1.807, 2.05) is 16.9 Å². The highest BCUT2D eigenvalue weighted by molar-refractivity contribution is 6.29. The van der Waals surface area contributed by atoms with E-state index in [4.69, 9.17) is 16.6 Å². The Balaban J connectivity index is 1.74. The van der Waals surface area contributed by atoms with Crippen molar-refractivity contribution in [2.45, 2.75) is 38.6 Å². The van der Waals surface area contributed by atoms with Crippen molar-refractivity contribution >= 4 is 28.2 Å². The summed E-state index contributed by atoms with van der Waals surface area (Å²) in [4.78, 5) is 9.35. The van der Waals surface area contributed by atoms with E-state index in [0.29, 0.717) is 17.0 Å². The smallest absolute Gasteiger partial charge is 0.226 e. The van der Waals surface area contributed by atoms with Crippen molar-refractivity contribution in [2.75, 3.05) is 0 Å². The molecule has 1 aliphatic carbocycles. The van der Waals surface area contributed by atoms with Gasteiger partial charge in [-0.3, -0.25) is 4.68 Å². The van der Waals surface area contributed by atoms with Gasteiger partial charge in [0.25, 0.3) is 0 Å². The summed E-state index contributed by atoms with van der Waals surface area (Å²) in [6.07, 6.45) is 6.18. The van der Waals surface area contributed by atoms with Gasteiger partial charge in [0.2, 0.25) is 5.28 Å². The van der Waals surface area contributed by atoms with E-state index < -0.39 is 0 Å². The average Bonchev–Trinajstić information content (AvgIpc) is 3.14. The number of benzene rings is 1. The molecule has 3 heterocycles. The Morgan fingerprint density at radius 3 is 2.76 bits per heavy atom. The van der Waals surface area contributed by atoms with Crippen LogP contribution in [0, 0.1) is 0 Å². The largest absolute Gasteiger partial charge is 0.270 e. The normalized spacial score (nSPS) is 14.9. The lowest BCUT2D eigenvalue weighted by Gasteiger charge is -2.05. The van der Waals surface area contributed by atoms with E-state index in [1.54, 1.807) is 10.7 Å². The standard InChI is InChI=1S/C18H17ClN6/c1-10(2)24-9-12(8-20-24)16-22-17-14-5-3-4-13(11-6-7-11)15(14)21-18(19)25(17)23-16/h3-5,8-11H,6-7H2,1-2H3. The van der Waals surface area contributed by atoms with E-state index in [9.17, 15) is 0 Å². The molecule has 1 aliphatic rings. The average molecular weight is 353 g/mol. The van der Waals surface area contributed by atoms with Crippen LogP contribution in [0.5, 0.6) is 0 Å². The van der Waals surface area contributed by atoms with E-state index in [0.717, 1.165) is 22.1 Å². The summed E-state index contributed by atoms with van der Waals surface area (Å²) in [5.41, 5.74) is 3.82. The maximum absolute atomic E-state index is 6.42. The first-order valence-corrected chi connectivity index (χ1v) is 8.89. The van der Waals surface area contributed by atoms with E-state index in [-0.39, 0.29) is 6.04 Å². The molecule has 0 spiro atoms. The molecule has 4 aromatic rings. The van der Waals surface area contributed by atoms with Crippen LogP contribution in [0.2, 0.25) is 5.28 Å². The second-order valence-electron chi connectivity index (χ2n) is 6.87. The molecule has 0 amide bonds. The highest BCUT2D eigenvalue weighted by Gasteiger charge is 2.27. The van der Waals surface area contributed by atoms with E-state index in [2.05, 4.69) is 41.2 Å². The third kappa shape index (κ3) is 2.32. The zero-order valence-electron chi connectivity index (χ0n) is 14.0. The second-order valence-corrected chi connectivity index (χ2v) is 7.21. The van der Waals surface area contributed by atoms with E-state index >= 15 is 0 Å². The predicted molar refractivity (Wildman–Crippen MR) is 96.9 cm³/mol. The van der Waals surface area contributed by atoms with Crippen LogP contribution in [0.1, 0.15) is 44.2 Å². The molecule has 0 saturated heterocycles. The highest BCUT2D eigenvalue weighted by atomic mass is 35.5. The summed E-state index contributed by atoms with van der Waals surface area (Å²) in [5, 5.41) is 10.3. The SMILES string of the molecule is CC(C)n1cc(-c2nc3c4cccc(C5CC5)c4nc(Cl)n3n2)cn1. The van der Waals surface area contributed by atoms with Gasteiger partial charge >= 0.3 is 0 Å². The zero-order chi connectivity index (χ0) is 17.1. The Hall–Kier alpha value is -2.47. The van der Waals surface area contributed by atoms with Crippen LogP contribution in [-0.2, 0) is 0 Å². The Morgan fingerprint density at radius 2 is 2.04 bits per heavy atom. The second kappa shape index (κ2) is 5.26. The molecule has 1 saturated carbocycles. The zero-order valence-corrected chi connectivity index (χ0v) is 14.8. The van der Waals surface area contributed by atoms with Crippen molar-refractivity contribution in [3.05, 3.63) is 41.4 Å². The molecular formula is C18H17ClN6. The van der Waals surface area contributed by atoms with Crippen molar-refractivity contribution in [1.82, 2.24) is 29.4 Å². The number of hydrogen-bond acceptors (Lipinski definition) is 4. The lowest BCUT2D eigenvalue weighted by atomic mass is 10.1. The van der Waals surface area contributed by atoms with Gasteiger partial charge < -0.3 is 0 Å². The minimum Gasteiger partial charge on any atom is -0.270 e. The number of hydrogen-bond donors (Lipinski definition) is 0. The topological polar surface area (TPSA) is 60.9 Å². The van der Waals surface area contributed by atoms with Gasteiger partial charge in [-0.1, -0.05) is 12.1 Å². The highest BCUT2D eigenvalue weighted by Crippen LogP contribution is 2.43. The Kier molecular flexibility index (Phi) is 3.12. The van der Waals surface area contributed by atoms with Crippen molar-refractivity contribution in [1.29, 1.82) is 0 Å². The fourth-order valence-corrected chi connectivity index (χ4v) is 3.41. The number of aromatic nitrogens is 6. The first-order valence-electron chi connectivity index (χ1n) is 8.51.